The normalized spacial score (nSPS) is 21.9. The van der Waals surface area contributed by atoms with Gasteiger partial charge in [0.05, 0.1) is 0 Å². The van der Waals surface area contributed by atoms with Crippen molar-refractivity contribution in [3.8, 4) is 0 Å². The Morgan fingerprint density at radius 2 is 2.27 bits per heavy atom. The monoisotopic (exact) mass is 210 g/mol. The lowest BCUT2D eigenvalue weighted by atomic mass is 9.81. The van der Waals surface area contributed by atoms with Crippen LogP contribution in [0.1, 0.15) is 51.9 Å². The summed E-state index contributed by atoms with van der Waals surface area (Å²) in [6.07, 6.45) is 8.60. The quantitative estimate of drug-likeness (QED) is 0.540. The molecule has 0 saturated heterocycles. The Kier molecular flexibility index (Phi) is 5.62. The van der Waals surface area contributed by atoms with E-state index in [1.54, 1.807) is 0 Å². The zero-order valence-electron chi connectivity index (χ0n) is 9.67. The van der Waals surface area contributed by atoms with Gasteiger partial charge in [0, 0.05) is 12.5 Å². The van der Waals surface area contributed by atoms with Crippen LogP contribution in [-0.4, -0.2) is 18.0 Å². The fourth-order valence-corrected chi connectivity index (χ4v) is 2.40. The van der Waals surface area contributed by atoms with E-state index in [9.17, 15) is 9.90 Å². The average molecular weight is 210 g/mol. The highest BCUT2D eigenvalue weighted by Gasteiger charge is 2.21. The minimum atomic E-state index is 0.207. The van der Waals surface area contributed by atoms with Gasteiger partial charge in [-0.25, -0.2) is 0 Å². The molecule has 0 aromatic carbocycles. The molecular formula is C13H22O2. The third-order valence-corrected chi connectivity index (χ3v) is 3.32. The predicted octanol–water partition coefficient (Wildman–Crippen LogP) is 2.85. The van der Waals surface area contributed by atoms with Crippen molar-refractivity contribution in [3.63, 3.8) is 0 Å². The van der Waals surface area contributed by atoms with E-state index in [1.165, 1.54) is 18.4 Å². The van der Waals surface area contributed by atoms with Crippen LogP contribution in [0.15, 0.2) is 11.1 Å². The van der Waals surface area contributed by atoms with Gasteiger partial charge in [0.2, 0.25) is 0 Å². The van der Waals surface area contributed by atoms with E-state index in [2.05, 4.69) is 6.92 Å². The summed E-state index contributed by atoms with van der Waals surface area (Å²) < 4.78 is 0. The van der Waals surface area contributed by atoms with Gasteiger partial charge in [0.15, 0.2) is 0 Å². The molecule has 2 heteroatoms. The summed E-state index contributed by atoms with van der Waals surface area (Å²) in [6.45, 7) is 2.39. The number of carbonyl (C=O) groups excluding carboxylic acids is 1. The Balaban J connectivity index is 2.64. The van der Waals surface area contributed by atoms with Gasteiger partial charge < -0.3 is 5.11 Å². The van der Waals surface area contributed by atoms with Crippen LogP contribution in [0.3, 0.4) is 0 Å². The lowest BCUT2D eigenvalue weighted by molar-refractivity contribution is -0.105. The highest BCUT2D eigenvalue weighted by atomic mass is 16.3. The number of hydrogen-bond donors (Lipinski definition) is 1. The number of aldehydes is 1. The summed E-state index contributed by atoms with van der Waals surface area (Å²) in [5.74, 6) is 0.260. The van der Waals surface area contributed by atoms with Crippen molar-refractivity contribution in [2.45, 2.75) is 51.9 Å². The Hall–Kier alpha value is -0.630. The molecule has 0 spiro atoms. The summed E-state index contributed by atoms with van der Waals surface area (Å²) >= 11 is 0. The second-order valence-corrected chi connectivity index (χ2v) is 4.40. The second kappa shape index (κ2) is 6.78. The molecule has 1 atom stereocenters. The average Bonchev–Trinajstić information content (AvgIpc) is 2.29. The summed E-state index contributed by atoms with van der Waals surface area (Å²) in [7, 11) is 0. The van der Waals surface area contributed by atoms with Crippen molar-refractivity contribution in [1.29, 1.82) is 0 Å². The van der Waals surface area contributed by atoms with Crippen LogP contribution in [0.4, 0.5) is 0 Å². The van der Waals surface area contributed by atoms with Gasteiger partial charge in [0.1, 0.15) is 6.29 Å². The van der Waals surface area contributed by atoms with E-state index in [1.807, 2.05) is 0 Å². The smallest absolute Gasteiger partial charge is 0.145 e. The summed E-state index contributed by atoms with van der Waals surface area (Å²) in [6, 6.07) is 0. The number of aliphatic hydroxyl groups excluding tert-OH is 1. The van der Waals surface area contributed by atoms with Crippen molar-refractivity contribution in [3.05, 3.63) is 11.1 Å². The van der Waals surface area contributed by atoms with Gasteiger partial charge >= 0.3 is 0 Å². The molecule has 0 amide bonds. The zero-order chi connectivity index (χ0) is 11.1. The first-order valence-corrected chi connectivity index (χ1v) is 6.11. The maximum atomic E-state index is 10.9. The highest BCUT2D eigenvalue weighted by molar-refractivity contribution is 5.75. The number of aliphatic hydroxyl groups is 1. The molecule has 0 aromatic heterocycles. The van der Waals surface area contributed by atoms with Crippen molar-refractivity contribution in [2.24, 2.45) is 5.92 Å². The van der Waals surface area contributed by atoms with Crippen molar-refractivity contribution < 1.29 is 9.90 Å². The molecule has 0 radical (unpaired) electrons. The van der Waals surface area contributed by atoms with E-state index < -0.39 is 0 Å². The lowest BCUT2D eigenvalue weighted by Crippen LogP contribution is -2.16. The Morgan fingerprint density at radius 3 is 2.87 bits per heavy atom. The fourth-order valence-electron chi connectivity index (χ4n) is 2.40. The molecule has 0 fully saturated rings. The number of unbranched alkanes of at least 4 members (excludes halogenated alkanes) is 2. The second-order valence-electron chi connectivity index (χ2n) is 4.40. The molecule has 2 nitrogen and oxygen atoms in total. The van der Waals surface area contributed by atoms with Crippen LogP contribution in [0, 0.1) is 5.92 Å². The maximum absolute atomic E-state index is 10.9. The number of hydrogen-bond acceptors (Lipinski definition) is 2. The largest absolute Gasteiger partial charge is 0.396 e. The van der Waals surface area contributed by atoms with Crippen molar-refractivity contribution in [1.82, 2.24) is 0 Å². The number of rotatable bonds is 6. The minimum absolute atomic E-state index is 0.207. The topological polar surface area (TPSA) is 37.3 Å². The van der Waals surface area contributed by atoms with E-state index in [0.29, 0.717) is 0 Å². The zero-order valence-corrected chi connectivity index (χ0v) is 9.67. The first kappa shape index (κ1) is 12.4. The van der Waals surface area contributed by atoms with Crippen molar-refractivity contribution >= 4 is 6.29 Å². The van der Waals surface area contributed by atoms with Crippen LogP contribution in [0.2, 0.25) is 0 Å². The lowest BCUT2D eigenvalue weighted by Gasteiger charge is -2.25. The van der Waals surface area contributed by atoms with E-state index >= 15 is 0 Å². The standard InChI is InChI=1S/C13H22O2/c1-2-3-4-8-13-11(9-14)6-5-7-12(13)10-15/h9,12,15H,2-8,10H2,1H3. The maximum Gasteiger partial charge on any atom is 0.145 e. The molecule has 0 bridgehead atoms. The van der Waals surface area contributed by atoms with Gasteiger partial charge in [-0.05, 0) is 37.7 Å². The molecular weight excluding hydrogens is 188 g/mol. The van der Waals surface area contributed by atoms with Gasteiger partial charge in [-0.2, -0.15) is 0 Å². The molecule has 1 aliphatic carbocycles. The number of allylic oxidation sites excluding steroid dienone is 1. The molecule has 1 rings (SSSR count). The minimum Gasteiger partial charge on any atom is -0.396 e. The van der Waals surface area contributed by atoms with Gasteiger partial charge in [-0.15, -0.1) is 0 Å². The van der Waals surface area contributed by atoms with E-state index in [-0.39, 0.29) is 12.5 Å². The third-order valence-electron chi connectivity index (χ3n) is 3.32. The van der Waals surface area contributed by atoms with Crippen molar-refractivity contribution in [2.75, 3.05) is 6.61 Å². The van der Waals surface area contributed by atoms with Gasteiger partial charge in [0.25, 0.3) is 0 Å². The van der Waals surface area contributed by atoms with Crippen LogP contribution < -0.4 is 0 Å². The number of carbonyl (C=O) groups is 1. The SMILES string of the molecule is CCCCCC1=C(C=O)CCCC1CO. The molecule has 86 valence electrons. The fraction of sp³-hybridized carbons (Fsp3) is 0.769. The van der Waals surface area contributed by atoms with Crippen LogP contribution in [0.5, 0.6) is 0 Å². The first-order valence-electron chi connectivity index (χ1n) is 6.11. The van der Waals surface area contributed by atoms with Crippen LogP contribution >= 0.6 is 0 Å². The molecule has 1 aliphatic rings. The molecule has 1 unspecified atom stereocenters. The van der Waals surface area contributed by atoms with Crippen LogP contribution in [-0.2, 0) is 4.79 Å². The summed E-state index contributed by atoms with van der Waals surface area (Å²) in [4.78, 5) is 10.9. The molecule has 15 heavy (non-hydrogen) atoms. The Labute approximate surface area is 92.4 Å². The highest BCUT2D eigenvalue weighted by Crippen LogP contribution is 2.32. The summed E-state index contributed by atoms with van der Waals surface area (Å²) in [5, 5.41) is 9.28. The van der Waals surface area contributed by atoms with E-state index in [4.69, 9.17) is 0 Å². The van der Waals surface area contributed by atoms with Gasteiger partial charge in [-0.1, -0.05) is 25.3 Å². The molecule has 1 N–H and O–H groups in total. The van der Waals surface area contributed by atoms with Crippen LogP contribution in [0.25, 0.3) is 0 Å². The summed E-state index contributed by atoms with van der Waals surface area (Å²) in [5.41, 5.74) is 2.21. The predicted molar refractivity (Wildman–Crippen MR) is 61.7 cm³/mol. The van der Waals surface area contributed by atoms with E-state index in [0.717, 1.165) is 44.0 Å². The first-order chi connectivity index (χ1) is 7.33. The van der Waals surface area contributed by atoms with Gasteiger partial charge in [-0.3, -0.25) is 4.79 Å². The molecule has 0 saturated carbocycles. The third kappa shape index (κ3) is 3.45. The Bertz CT molecular complexity index is 231. The molecule has 0 heterocycles. The molecule has 0 aromatic rings. The molecule has 0 aliphatic heterocycles. The Morgan fingerprint density at radius 1 is 1.47 bits per heavy atom.